The van der Waals surface area contributed by atoms with Gasteiger partial charge in [-0.25, -0.2) is 0 Å². The quantitative estimate of drug-likeness (QED) is 0.809. The van der Waals surface area contributed by atoms with Crippen LogP contribution in [-0.4, -0.2) is 11.9 Å². The highest BCUT2D eigenvalue weighted by atomic mass is 35.5. The summed E-state index contributed by atoms with van der Waals surface area (Å²) in [5.74, 6) is 0.317. The van der Waals surface area contributed by atoms with Gasteiger partial charge in [-0.05, 0) is 42.7 Å². The van der Waals surface area contributed by atoms with Crippen molar-refractivity contribution in [3.63, 3.8) is 0 Å². The SMILES string of the molecule is CC(C)[C@H](N[C@@H](C)C(=O)Nc1ccc(Cl)cc1)c1ccccc1. The number of hydrogen-bond donors (Lipinski definition) is 2. The maximum Gasteiger partial charge on any atom is 0.241 e. The van der Waals surface area contributed by atoms with E-state index in [0.29, 0.717) is 10.9 Å². The third kappa shape index (κ3) is 5.08. The zero-order valence-electron chi connectivity index (χ0n) is 13.7. The molecule has 0 aliphatic carbocycles. The Morgan fingerprint density at radius 1 is 0.957 bits per heavy atom. The van der Waals surface area contributed by atoms with E-state index in [4.69, 9.17) is 11.6 Å². The lowest BCUT2D eigenvalue weighted by atomic mass is 9.95. The van der Waals surface area contributed by atoms with Crippen molar-refractivity contribution in [2.24, 2.45) is 5.92 Å². The smallest absolute Gasteiger partial charge is 0.241 e. The lowest BCUT2D eigenvalue weighted by molar-refractivity contribution is -0.118. The number of carbonyl (C=O) groups excluding carboxylic acids is 1. The highest BCUT2D eigenvalue weighted by Crippen LogP contribution is 2.22. The van der Waals surface area contributed by atoms with Gasteiger partial charge in [0.1, 0.15) is 0 Å². The van der Waals surface area contributed by atoms with Crippen molar-refractivity contribution in [3.8, 4) is 0 Å². The Labute approximate surface area is 143 Å². The molecule has 2 aromatic rings. The van der Waals surface area contributed by atoms with E-state index in [2.05, 4.69) is 36.6 Å². The molecule has 2 rings (SSSR count). The maximum atomic E-state index is 12.4. The Balaban J connectivity index is 2.02. The Kier molecular flexibility index (Phi) is 6.20. The molecule has 0 saturated carbocycles. The summed E-state index contributed by atoms with van der Waals surface area (Å²) in [5.41, 5.74) is 1.93. The molecule has 1 amide bonds. The van der Waals surface area contributed by atoms with Crippen molar-refractivity contribution in [1.82, 2.24) is 5.32 Å². The van der Waals surface area contributed by atoms with Crippen LogP contribution in [0.2, 0.25) is 5.02 Å². The second-order valence-electron chi connectivity index (χ2n) is 6.02. The fourth-order valence-corrected chi connectivity index (χ4v) is 2.59. The summed E-state index contributed by atoms with van der Waals surface area (Å²) in [6.07, 6.45) is 0. The van der Waals surface area contributed by atoms with Gasteiger partial charge < -0.3 is 5.32 Å². The molecule has 0 spiro atoms. The van der Waals surface area contributed by atoms with Crippen molar-refractivity contribution >= 4 is 23.2 Å². The summed E-state index contributed by atoms with van der Waals surface area (Å²) in [5, 5.41) is 6.98. The monoisotopic (exact) mass is 330 g/mol. The van der Waals surface area contributed by atoms with Crippen LogP contribution >= 0.6 is 11.6 Å². The molecule has 0 heterocycles. The van der Waals surface area contributed by atoms with Gasteiger partial charge in [-0.1, -0.05) is 55.8 Å². The fraction of sp³-hybridized carbons (Fsp3) is 0.316. The van der Waals surface area contributed by atoms with Crippen molar-refractivity contribution in [3.05, 3.63) is 65.2 Å². The molecule has 0 aliphatic rings. The van der Waals surface area contributed by atoms with Gasteiger partial charge in [-0.2, -0.15) is 0 Å². The molecule has 0 bridgehead atoms. The van der Waals surface area contributed by atoms with Gasteiger partial charge in [-0.15, -0.1) is 0 Å². The molecule has 0 fully saturated rings. The van der Waals surface area contributed by atoms with Crippen molar-refractivity contribution in [2.45, 2.75) is 32.9 Å². The number of anilines is 1. The highest BCUT2D eigenvalue weighted by molar-refractivity contribution is 6.30. The van der Waals surface area contributed by atoms with Gasteiger partial charge in [0.15, 0.2) is 0 Å². The number of nitrogens with one attached hydrogen (secondary N) is 2. The summed E-state index contributed by atoms with van der Waals surface area (Å²) >= 11 is 5.86. The van der Waals surface area contributed by atoms with Gasteiger partial charge in [0.05, 0.1) is 6.04 Å². The first kappa shape index (κ1) is 17.5. The van der Waals surface area contributed by atoms with Crippen LogP contribution < -0.4 is 10.6 Å². The molecule has 4 heteroatoms. The fourth-order valence-electron chi connectivity index (χ4n) is 2.46. The molecular weight excluding hydrogens is 308 g/mol. The van der Waals surface area contributed by atoms with Crippen LogP contribution in [0, 0.1) is 5.92 Å². The van der Waals surface area contributed by atoms with Gasteiger partial charge in [0.2, 0.25) is 5.91 Å². The van der Waals surface area contributed by atoms with Crippen molar-refractivity contribution < 1.29 is 4.79 Å². The molecule has 122 valence electrons. The second kappa shape index (κ2) is 8.14. The van der Waals surface area contributed by atoms with Gasteiger partial charge >= 0.3 is 0 Å². The molecule has 2 aromatic carbocycles. The highest BCUT2D eigenvalue weighted by Gasteiger charge is 2.21. The third-order valence-electron chi connectivity index (χ3n) is 3.76. The van der Waals surface area contributed by atoms with Crippen LogP contribution in [0.3, 0.4) is 0 Å². The lowest BCUT2D eigenvalue weighted by Crippen LogP contribution is -2.41. The first-order chi connectivity index (χ1) is 11.0. The molecule has 2 atom stereocenters. The summed E-state index contributed by atoms with van der Waals surface area (Å²) in [4.78, 5) is 12.4. The molecule has 3 nitrogen and oxygen atoms in total. The molecule has 0 radical (unpaired) electrons. The molecule has 2 N–H and O–H groups in total. The number of carbonyl (C=O) groups is 1. The Morgan fingerprint density at radius 2 is 1.57 bits per heavy atom. The molecular formula is C19H23ClN2O. The average Bonchev–Trinajstić information content (AvgIpc) is 2.55. The number of rotatable bonds is 6. The first-order valence-corrected chi connectivity index (χ1v) is 8.22. The molecule has 0 aromatic heterocycles. The molecule has 0 unspecified atom stereocenters. The van der Waals surface area contributed by atoms with E-state index in [1.54, 1.807) is 24.3 Å². The Morgan fingerprint density at radius 3 is 2.13 bits per heavy atom. The number of benzene rings is 2. The lowest BCUT2D eigenvalue weighted by Gasteiger charge is -2.26. The minimum atomic E-state index is -0.307. The van der Waals surface area contributed by atoms with Crippen LogP contribution in [-0.2, 0) is 4.79 Å². The van der Waals surface area contributed by atoms with E-state index in [1.807, 2.05) is 25.1 Å². The Hall–Kier alpha value is -1.84. The van der Waals surface area contributed by atoms with Gasteiger partial charge in [0, 0.05) is 16.8 Å². The van der Waals surface area contributed by atoms with E-state index in [9.17, 15) is 4.79 Å². The summed E-state index contributed by atoms with van der Waals surface area (Å²) < 4.78 is 0. The number of hydrogen-bond acceptors (Lipinski definition) is 2. The first-order valence-electron chi connectivity index (χ1n) is 7.85. The minimum absolute atomic E-state index is 0.0612. The zero-order valence-corrected chi connectivity index (χ0v) is 14.5. The van der Waals surface area contributed by atoms with E-state index in [1.165, 1.54) is 5.56 Å². The van der Waals surface area contributed by atoms with E-state index >= 15 is 0 Å². The van der Waals surface area contributed by atoms with Crippen LogP contribution in [0.5, 0.6) is 0 Å². The predicted molar refractivity (Wildman–Crippen MR) is 96.7 cm³/mol. The summed E-state index contributed by atoms with van der Waals surface area (Å²) in [7, 11) is 0. The summed E-state index contributed by atoms with van der Waals surface area (Å²) in [6.45, 7) is 6.17. The minimum Gasteiger partial charge on any atom is -0.325 e. The van der Waals surface area contributed by atoms with E-state index in [0.717, 1.165) is 5.69 Å². The van der Waals surface area contributed by atoms with E-state index < -0.39 is 0 Å². The van der Waals surface area contributed by atoms with Crippen molar-refractivity contribution in [2.75, 3.05) is 5.32 Å². The van der Waals surface area contributed by atoms with Crippen LogP contribution in [0.15, 0.2) is 54.6 Å². The predicted octanol–water partition coefficient (Wildman–Crippen LogP) is 4.65. The zero-order chi connectivity index (χ0) is 16.8. The largest absolute Gasteiger partial charge is 0.325 e. The normalized spacial score (nSPS) is 13.6. The van der Waals surface area contributed by atoms with Crippen LogP contribution in [0.25, 0.3) is 0 Å². The molecule has 0 aliphatic heterocycles. The van der Waals surface area contributed by atoms with Gasteiger partial charge in [0.25, 0.3) is 0 Å². The standard InChI is InChI=1S/C19H23ClN2O/c1-13(2)18(15-7-5-4-6-8-15)21-14(3)19(23)22-17-11-9-16(20)10-12-17/h4-14,18,21H,1-3H3,(H,22,23)/t14-,18-/m0/s1. The third-order valence-corrected chi connectivity index (χ3v) is 4.01. The number of amides is 1. The number of halogens is 1. The van der Waals surface area contributed by atoms with Crippen LogP contribution in [0.4, 0.5) is 5.69 Å². The van der Waals surface area contributed by atoms with Crippen LogP contribution in [0.1, 0.15) is 32.4 Å². The van der Waals surface area contributed by atoms with E-state index in [-0.39, 0.29) is 18.0 Å². The average molecular weight is 331 g/mol. The second-order valence-corrected chi connectivity index (χ2v) is 6.45. The Bertz CT molecular complexity index is 626. The molecule has 0 saturated heterocycles. The van der Waals surface area contributed by atoms with Crippen molar-refractivity contribution in [1.29, 1.82) is 0 Å². The molecule has 23 heavy (non-hydrogen) atoms. The van der Waals surface area contributed by atoms with Gasteiger partial charge in [-0.3, -0.25) is 10.1 Å². The topological polar surface area (TPSA) is 41.1 Å². The summed E-state index contributed by atoms with van der Waals surface area (Å²) in [6, 6.07) is 17.1. The maximum absolute atomic E-state index is 12.4.